The monoisotopic (exact) mass is 275 g/mol. The van der Waals surface area contributed by atoms with Crippen LogP contribution in [0.3, 0.4) is 0 Å². The van der Waals surface area contributed by atoms with E-state index in [2.05, 4.69) is 10.6 Å². The highest BCUT2D eigenvalue weighted by Crippen LogP contribution is 2.15. The van der Waals surface area contributed by atoms with Crippen molar-refractivity contribution in [3.63, 3.8) is 0 Å². The first kappa shape index (κ1) is 13.6. The van der Waals surface area contributed by atoms with Crippen molar-refractivity contribution in [2.75, 3.05) is 5.32 Å². The van der Waals surface area contributed by atoms with Crippen molar-refractivity contribution in [2.45, 2.75) is 19.5 Å². The summed E-state index contributed by atoms with van der Waals surface area (Å²) in [5.41, 5.74) is 8.65. The Morgan fingerprint density at radius 2 is 2.26 bits per heavy atom. The number of hydrogen-bond acceptors (Lipinski definition) is 3. The van der Waals surface area contributed by atoms with Gasteiger partial charge in [-0.1, -0.05) is 12.1 Å². The predicted octanol–water partition coefficient (Wildman–Crippen LogP) is 3.09. The number of anilines is 1. The average Bonchev–Trinajstić information content (AvgIpc) is 2.90. The summed E-state index contributed by atoms with van der Waals surface area (Å²) in [6, 6.07) is 9.28. The fourth-order valence-corrected chi connectivity index (χ4v) is 2.32. The standard InChI is InChI=1S/C14H17N3OS/c1-10(15)12-3-2-4-13(7-12)17-14(18)16-8-11-5-6-19-9-11/h2-7,9-10H,8,15H2,1H3,(H2,16,17,18). The first-order valence-electron chi connectivity index (χ1n) is 6.06. The Morgan fingerprint density at radius 1 is 1.42 bits per heavy atom. The molecular weight excluding hydrogens is 258 g/mol. The number of thiophene rings is 1. The number of carbonyl (C=O) groups excluding carboxylic acids is 1. The molecule has 1 heterocycles. The van der Waals surface area contributed by atoms with Gasteiger partial charge in [0.25, 0.3) is 0 Å². The summed E-state index contributed by atoms with van der Waals surface area (Å²) in [5, 5.41) is 9.60. The third-order valence-electron chi connectivity index (χ3n) is 2.70. The van der Waals surface area contributed by atoms with E-state index in [1.807, 2.05) is 48.0 Å². The van der Waals surface area contributed by atoms with Crippen LogP contribution in [-0.4, -0.2) is 6.03 Å². The minimum absolute atomic E-state index is 0.0457. The van der Waals surface area contributed by atoms with Crippen molar-refractivity contribution in [3.05, 3.63) is 52.2 Å². The van der Waals surface area contributed by atoms with E-state index in [9.17, 15) is 4.79 Å². The Hall–Kier alpha value is -1.85. The lowest BCUT2D eigenvalue weighted by atomic mass is 10.1. The molecule has 2 rings (SSSR count). The number of urea groups is 1. The van der Waals surface area contributed by atoms with Crippen LogP contribution in [0.25, 0.3) is 0 Å². The fourth-order valence-electron chi connectivity index (χ4n) is 1.65. The van der Waals surface area contributed by atoms with Gasteiger partial charge in [-0.3, -0.25) is 0 Å². The van der Waals surface area contributed by atoms with Crippen LogP contribution in [0.2, 0.25) is 0 Å². The van der Waals surface area contributed by atoms with E-state index in [-0.39, 0.29) is 12.1 Å². The zero-order valence-corrected chi connectivity index (χ0v) is 11.5. The molecule has 0 spiro atoms. The second-order valence-corrected chi connectivity index (χ2v) is 5.13. The highest BCUT2D eigenvalue weighted by Gasteiger charge is 2.04. The molecular formula is C14H17N3OS. The summed E-state index contributed by atoms with van der Waals surface area (Å²) in [6.07, 6.45) is 0. The second kappa shape index (κ2) is 6.36. The summed E-state index contributed by atoms with van der Waals surface area (Å²) in [4.78, 5) is 11.7. The van der Waals surface area contributed by atoms with Crippen LogP contribution < -0.4 is 16.4 Å². The van der Waals surface area contributed by atoms with E-state index in [1.165, 1.54) is 0 Å². The number of hydrogen-bond donors (Lipinski definition) is 3. The van der Waals surface area contributed by atoms with Gasteiger partial charge in [-0.2, -0.15) is 11.3 Å². The number of nitrogens with two attached hydrogens (primary N) is 1. The molecule has 0 aliphatic rings. The predicted molar refractivity (Wildman–Crippen MR) is 79.2 cm³/mol. The molecule has 2 aromatic rings. The van der Waals surface area contributed by atoms with E-state index in [4.69, 9.17) is 5.73 Å². The van der Waals surface area contributed by atoms with Gasteiger partial charge in [0.05, 0.1) is 0 Å². The van der Waals surface area contributed by atoms with Gasteiger partial charge in [0.1, 0.15) is 0 Å². The number of carbonyl (C=O) groups is 1. The normalized spacial score (nSPS) is 11.9. The molecule has 0 saturated heterocycles. The molecule has 1 aromatic heterocycles. The quantitative estimate of drug-likeness (QED) is 0.802. The van der Waals surface area contributed by atoms with Gasteiger partial charge in [0, 0.05) is 18.3 Å². The molecule has 0 fully saturated rings. The number of amides is 2. The van der Waals surface area contributed by atoms with Crippen molar-refractivity contribution in [3.8, 4) is 0 Å². The van der Waals surface area contributed by atoms with Gasteiger partial charge in [0.15, 0.2) is 0 Å². The van der Waals surface area contributed by atoms with Crippen molar-refractivity contribution in [1.82, 2.24) is 5.32 Å². The van der Waals surface area contributed by atoms with E-state index in [0.29, 0.717) is 6.54 Å². The maximum Gasteiger partial charge on any atom is 0.319 e. The Labute approximate surface area is 116 Å². The van der Waals surface area contributed by atoms with Crippen molar-refractivity contribution < 1.29 is 4.79 Å². The molecule has 19 heavy (non-hydrogen) atoms. The topological polar surface area (TPSA) is 67.1 Å². The Bertz CT molecular complexity index is 537. The average molecular weight is 275 g/mol. The Morgan fingerprint density at radius 3 is 2.95 bits per heavy atom. The smallest absolute Gasteiger partial charge is 0.319 e. The lowest BCUT2D eigenvalue weighted by molar-refractivity contribution is 0.252. The van der Waals surface area contributed by atoms with Crippen molar-refractivity contribution in [1.29, 1.82) is 0 Å². The minimum Gasteiger partial charge on any atom is -0.334 e. The van der Waals surface area contributed by atoms with Gasteiger partial charge < -0.3 is 16.4 Å². The highest BCUT2D eigenvalue weighted by atomic mass is 32.1. The van der Waals surface area contributed by atoms with Crippen LogP contribution in [0.1, 0.15) is 24.1 Å². The molecule has 1 unspecified atom stereocenters. The molecule has 4 N–H and O–H groups in total. The molecule has 5 heteroatoms. The Kier molecular flexibility index (Phi) is 4.54. The van der Waals surface area contributed by atoms with Crippen LogP contribution in [0.5, 0.6) is 0 Å². The highest BCUT2D eigenvalue weighted by molar-refractivity contribution is 7.07. The molecule has 0 saturated carbocycles. The molecule has 0 radical (unpaired) electrons. The van der Waals surface area contributed by atoms with Gasteiger partial charge in [-0.05, 0) is 47.0 Å². The van der Waals surface area contributed by atoms with Gasteiger partial charge in [0.2, 0.25) is 0 Å². The molecule has 0 bridgehead atoms. The molecule has 0 aliphatic heterocycles. The summed E-state index contributed by atoms with van der Waals surface area (Å²) in [7, 11) is 0. The molecule has 0 aliphatic carbocycles. The molecule has 1 atom stereocenters. The zero-order chi connectivity index (χ0) is 13.7. The van der Waals surface area contributed by atoms with E-state index in [0.717, 1.165) is 16.8 Å². The van der Waals surface area contributed by atoms with Gasteiger partial charge in [-0.25, -0.2) is 4.79 Å². The third-order valence-corrected chi connectivity index (χ3v) is 3.44. The second-order valence-electron chi connectivity index (χ2n) is 4.35. The van der Waals surface area contributed by atoms with Crippen LogP contribution >= 0.6 is 11.3 Å². The molecule has 4 nitrogen and oxygen atoms in total. The van der Waals surface area contributed by atoms with Crippen LogP contribution in [0, 0.1) is 0 Å². The maximum absolute atomic E-state index is 11.7. The van der Waals surface area contributed by atoms with Crippen LogP contribution in [-0.2, 0) is 6.54 Å². The van der Waals surface area contributed by atoms with Gasteiger partial charge >= 0.3 is 6.03 Å². The van der Waals surface area contributed by atoms with E-state index < -0.39 is 0 Å². The lowest BCUT2D eigenvalue weighted by Crippen LogP contribution is -2.28. The maximum atomic E-state index is 11.7. The van der Waals surface area contributed by atoms with Crippen LogP contribution in [0.4, 0.5) is 10.5 Å². The van der Waals surface area contributed by atoms with Crippen molar-refractivity contribution in [2.24, 2.45) is 5.73 Å². The third kappa shape index (κ3) is 4.08. The van der Waals surface area contributed by atoms with Gasteiger partial charge in [-0.15, -0.1) is 0 Å². The first-order valence-corrected chi connectivity index (χ1v) is 7.01. The fraction of sp³-hybridized carbons (Fsp3) is 0.214. The minimum atomic E-state index is -0.215. The van der Waals surface area contributed by atoms with E-state index in [1.54, 1.807) is 11.3 Å². The van der Waals surface area contributed by atoms with Crippen molar-refractivity contribution >= 4 is 23.1 Å². The summed E-state index contributed by atoms with van der Waals surface area (Å²) < 4.78 is 0. The first-order chi connectivity index (χ1) is 9.15. The summed E-state index contributed by atoms with van der Waals surface area (Å²) >= 11 is 1.61. The zero-order valence-electron chi connectivity index (χ0n) is 10.7. The largest absolute Gasteiger partial charge is 0.334 e. The molecule has 100 valence electrons. The number of benzene rings is 1. The number of nitrogens with one attached hydrogen (secondary N) is 2. The number of rotatable bonds is 4. The lowest BCUT2D eigenvalue weighted by Gasteiger charge is -2.10. The van der Waals surface area contributed by atoms with Crippen LogP contribution in [0.15, 0.2) is 41.1 Å². The summed E-state index contributed by atoms with van der Waals surface area (Å²) in [5.74, 6) is 0. The molecule has 1 aromatic carbocycles. The summed E-state index contributed by atoms with van der Waals surface area (Å²) in [6.45, 7) is 2.44. The molecule has 2 amide bonds. The van der Waals surface area contributed by atoms with E-state index >= 15 is 0 Å². The Balaban J connectivity index is 1.89. The SMILES string of the molecule is CC(N)c1cccc(NC(=O)NCc2ccsc2)c1.